The smallest absolute Gasteiger partial charge is 0.227 e. The highest BCUT2D eigenvalue weighted by molar-refractivity contribution is 7.16. The van der Waals surface area contributed by atoms with E-state index < -0.39 is 0 Å². The van der Waals surface area contributed by atoms with Crippen molar-refractivity contribution in [3.05, 3.63) is 40.8 Å². The van der Waals surface area contributed by atoms with E-state index in [9.17, 15) is 5.11 Å². The maximum Gasteiger partial charge on any atom is 0.227 e. The Balaban J connectivity index is 1.97. The van der Waals surface area contributed by atoms with Gasteiger partial charge in [0.2, 0.25) is 5.88 Å². The van der Waals surface area contributed by atoms with Crippen molar-refractivity contribution in [2.75, 3.05) is 11.9 Å². The zero-order valence-electron chi connectivity index (χ0n) is 11.6. The van der Waals surface area contributed by atoms with Crippen molar-refractivity contribution in [2.45, 2.75) is 32.6 Å². The molecule has 19 heavy (non-hydrogen) atoms. The summed E-state index contributed by atoms with van der Waals surface area (Å²) in [6, 6.07) is 10.4. The fraction of sp³-hybridized carbons (Fsp3) is 0.400. The summed E-state index contributed by atoms with van der Waals surface area (Å²) >= 11 is 1.53. The summed E-state index contributed by atoms with van der Waals surface area (Å²) in [7, 11) is 0. The first-order chi connectivity index (χ1) is 9.08. The molecule has 102 valence electrons. The molecule has 0 aliphatic carbocycles. The van der Waals surface area contributed by atoms with Crippen molar-refractivity contribution < 1.29 is 5.11 Å². The normalized spacial score (nSPS) is 12.6. The summed E-state index contributed by atoms with van der Waals surface area (Å²) in [4.78, 5) is 5.10. The van der Waals surface area contributed by atoms with Gasteiger partial charge in [0.25, 0.3) is 0 Å². The average molecular weight is 276 g/mol. The molecular weight excluding hydrogens is 256 g/mol. The molecule has 1 aromatic carbocycles. The summed E-state index contributed by atoms with van der Waals surface area (Å²) in [5.74, 6) is 0.879. The van der Waals surface area contributed by atoms with E-state index in [1.807, 2.05) is 6.07 Å². The molecule has 1 aromatic heterocycles. The summed E-state index contributed by atoms with van der Waals surface area (Å²) in [5.41, 5.74) is 1.31. The van der Waals surface area contributed by atoms with E-state index in [0.717, 1.165) is 16.6 Å². The Kier molecular flexibility index (Phi) is 4.43. The van der Waals surface area contributed by atoms with Gasteiger partial charge >= 0.3 is 0 Å². The van der Waals surface area contributed by atoms with Gasteiger partial charge in [-0.2, -0.15) is 4.98 Å². The first-order valence-corrected chi connectivity index (χ1v) is 7.38. The van der Waals surface area contributed by atoms with Crippen LogP contribution in [0.25, 0.3) is 0 Å². The van der Waals surface area contributed by atoms with Crippen molar-refractivity contribution in [1.29, 1.82) is 0 Å². The zero-order valence-corrected chi connectivity index (χ0v) is 12.4. The molecule has 0 aliphatic rings. The second-order valence-corrected chi connectivity index (χ2v) is 6.08. The van der Waals surface area contributed by atoms with Crippen LogP contribution in [0, 0.1) is 0 Å². The fourth-order valence-corrected chi connectivity index (χ4v) is 2.78. The summed E-state index contributed by atoms with van der Waals surface area (Å²) < 4.78 is 0. The molecule has 0 saturated carbocycles. The van der Waals surface area contributed by atoms with Crippen LogP contribution in [0.1, 0.15) is 43.0 Å². The molecule has 0 radical (unpaired) electrons. The Morgan fingerprint density at radius 2 is 1.89 bits per heavy atom. The molecule has 1 atom stereocenters. The molecule has 0 fully saturated rings. The minimum atomic E-state index is 0.162. The van der Waals surface area contributed by atoms with Crippen LogP contribution >= 0.6 is 11.3 Å². The first kappa shape index (κ1) is 13.9. The quantitative estimate of drug-likeness (QED) is 0.860. The average Bonchev–Trinajstić information content (AvgIpc) is 2.78. The van der Waals surface area contributed by atoms with Gasteiger partial charge in [-0.15, -0.1) is 0 Å². The first-order valence-electron chi connectivity index (χ1n) is 6.56. The number of thiazole rings is 1. The molecule has 0 bridgehead atoms. The lowest BCUT2D eigenvalue weighted by Crippen LogP contribution is -2.09. The standard InChI is InChI=1S/C15H20N2OS/c1-10(2)13-14(18)17-15(19-13)16-9-11(3)12-7-5-4-6-8-12/h4-8,10-11,18H,9H2,1-3H3,(H,16,17)/t11-/m0/s1. The van der Waals surface area contributed by atoms with E-state index in [1.54, 1.807) is 0 Å². The summed E-state index contributed by atoms with van der Waals surface area (Å²) in [6.45, 7) is 7.11. The van der Waals surface area contributed by atoms with Crippen molar-refractivity contribution in [2.24, 2.45) is 0 Å². The number of nitrogens with zero attached hydrogens (tertiary/aromatic N) is 1. The molecule has 2 N–H and O–H groups in total. The lowest BCUT2D eigenvalue weighted by Gasteiger charge is -2.12. The molecular formula is C15H20N2OS. The zero-order chi connectivity index (χ0) is 13.8. The molecule has 0 saturated heterocycles. The Bertz CT molecular complexity index is 522. The molecule has 4 heteroatoms. The predicted molar refractivity (Wildman–Crippen MR) is 81.2 cm³/mol. The van der Waals surface area contributed by atoms with Gasteiger partial charge in [0.15, 0.2) is 5.13 Å². The van der Waals surface area contributed by atoms with Gasteiger partial charge in [-0.05, 0) is 17.4 Å². The van der Waals surface area contributed by atoms with E-state index in [2.05, 4.69) is 55.3 Å². The molecule has 0 amide bonds. The number of aromatic nitrogens is 1. The Morgan fingerprint density at radius 3 is 2.47 bits per heavy atom. The molecule has 2 rings (SSSR count). The molecule has 0 spiro atoms. The number of nitrogens with one attached hydrogen (secondary N) is 1. The van der Waals surface area contributed by atoms with E-state index in [-0.39, 0.29) is 5.88 Å². The van der Waals surface area contributed by atoms with Crippen LogP contribution in [0.5, 0.6) is 5.88 Å². The number of rotatable bonds is 5. The predicted octanol–water partition coefficient (Wildman–Crippen LogP) is 4.19. The number of anilines is 1. The monoisotopic (exact) mass is 276 g/mol. The lowest BCUT2D eigenvalue weighted by molar-refractivity contribution is 0.449. The second kappa shape index (κ2) is 6.06. The van der Waals surface area contributed by atoms with E-state index >= 15 is 0 Å². The molecule has 0 unspecified atom stereocenters. The van der Waals surface area contributed by atoms with E-state index in [4.69, 9.17) is 0 Å². The maximum atomic E-state index is 9.74. The Labute approximate surface area is 118 Å². The minimum Gasteiger partial charge on any atom is -0.492 e. The number of benzene rings is 1. The van der Waals surface area contributed by atoms with Crippen LogP contribution in [-0.4, -0.2) is 16.6 Å². The van der Waals surface area contributed by atoms with Gasteiger partial charge < -0.3 is 10.4 Å². The maximum absolute atomic E-state index is 9.74. The fourth-order valence-electron chi connectivity index (χ4n) is 1.92. The molecule has 1 heterocycles. The van der Waals surface area contributed by atoms with Crippen molar-refractivity contribution >= 4 is 16.5 Å². The highest BCUT2D eigenvalue weighted by Crippen LogP contribution is 2.34. The highest BCUT2D eigenvalue weighted by atomic mass is 32.1. The van der Waals surface area contributed by atoms with Crippen molar-refractivity contribution in [3.63, 3.8) is 0 Å². The van der Waals surface area contributed by atoms with Crippen LogP contribution in [0.15, 0.2) is 30.3 Å². The van der Waals surface area contributed by atoms with E-state index in [1.165, 1.54) is 16.9 Å². The number of hydrogen-bond acceptors (Lipinski definition) is 4. The summed E-state index contributed by atoms with van der Waals surface area (Å²) in [6.07, 6.45) is 0. The van der Waals surface area contributed by atoms with Crippen LogP contribution in [0.2, 0.25) is 0 Å². The Morgan fingerprint density at radius 1 is 1.21 bits per heavy atom. The largest absolute Gasteiger partial charge is 0.492 e. The van der Waals surface area contributed by atoms with E-state index in [0.29, 0.717) is 11.8 Å². The van der Waals surface area contributed by atoms with Gasteiger partial charge in [-0.25, -0.2) is 0 Å². The van der Waals surface area contributed by atoms with Gasteiger partial charge in [0, 0.05) is 6.54 Å². The second-order valence-electron chi connectivity index (χ2n) is 5.05. The number of aromatic hydroxyl groups is 1. The van der Waals surface area contributed by atoms with Crippen LogP contribution in [-0.2, 0) is 0 Å². The lowest BCUT2D eigenvalue weighted by atomic mass is 10.0. The molecule has 3 nitrogen and oxygen atoms in total. The third-order valence-corrected chi connectivity index (χ3v) is 4.39. The van der Waals surface area contributed by atoms with Gasteiger partial charge in [0.05, 0.1) is 4.88 Å². The molecule has 2 aromatic rings. The van der Waals surface area contributed by atoms with Gasteiger partial charge in [-0.1, -0.05) is 62.4 Å². The third kappa shape index (κ3) is 3.47. The Hall–Kier alpha value is -1.55. The SMILES string of the molecule is CC(C)c1sc(NC[C@H](C)c2ccccc2)nc1O. The van der Waals surface area contributed by atoms with Gasteiger partial charge in [0.1, 0.15) is 0 Å². The highest BCUT2D eigenvalue weighted by Gasteiger charge is 2.13. The third-order valence-electron chi connectivity index (χ3n) is 3.09. The topological polar surface area (TPSA) is 45.2 Å². The van der Waals surface area contributed by atoms with Crippen LogP contribution in [0.3, 0.4) is 0 Å². The van der Waals surface area contributed by atoms with Gasteiger partial charge in [-0.3, -0.25) is 0 Å². The van der Waals surface area contributed by atoms with Crippen molar-refractivity contribution in [3.8, 4) is 5.88 Å². The van der Waals surface area contributed by atoms with Crippen molar-refractivity contribution in [1.82, 2.24) is 4.98 Å². The number of hydrogen-bond donors (Lipinski definition) is 2. The molecule has 0 aliphatic heterocycles. The van der Waals surface area contributed by atoms with Crippen LogP contribution in [0.4, 0.5) is 5.13 Å². The minimum absolute atomic E-state index is 0.162. The summed E-state index contributed by atoms with van der Waals surface area (Å²) in [5, 5.41) is 13.8. The van der Waals surface area contributed by atoms with Crippen LogP contribution < -0.4 is 5.32 Å².